The molecule has 0 aliphatic carbocycles. The Hall–Kier alpha value is -1.82. The Morgan fingerprint density at radius 2 is 2.00 bits per heavy atom. The molecule has 20 heavy (non-hydrogen) atoms. The summed E-state index contributed by atoms with van der Waals surface area (Å²) < 4.78 is 26.8. The van der Waals surface area contributed by atoms with E-state index in [4.69, 9.17) is 5.73 Å². The number of rotatable bonds is 3. The van der Waals surface area contributed by atoms with Gasteiger partial charge in [-0.15, -0.1) is 0 Å². The van der Waals surface area contributed by atoms with Crippen LogP contribution in [0.1, 0.15) is 31.9 Å². The standard InChI is InChI=1S/C14H16F2N2O2/c1-14(2)6-11(19)18(13(14)20)7-10(17)8-4-3-5-9(15)12(8)16/h3-5,10H,6-7,17H2,1-2H3. The molecule has 0 bridgehead atoms. The second-order valence-corrected chi connectivity index (χ2v) is 5.62. The van der Waals surface area contributed by atoms with Gasteiger partial charge in [0.05, 0.1) is 11.5 Å². The Kier molecular flexibility index (Phi) is 3.60. The number of hydrogen-bond acceptors (Lipinski definition) is 3. The summed E-state index contributed by atoms with van der Waals surface area (Å²) in [4.78, 5) is 24.9. The Morgan fingerprint density at radius 1 is 1.35 bits per heavy atom. The second-order valence-electron chi connectivity index (χ2n) is 5.62. The Labute approximate surface area is 115 Å². The van der Waals surface area contributed by atoms with Crippen LogP contribution in [0.15, 0.2) is 18.2 Å². The molecular weight excluding hydrogens is 266 g/mol. The van der Waals surface area contributed by atoms with Crippen molar-refractivity contribution in [2.24, 2.45) is 11.1 Å². The highest BCUT2D eigenvalue weighted by Crippen LogP contribution is 2.32. The van der Waals surface area contributed by atoms with Crippen molar-refractivity contribution < 1.29 is 18.4 Å². The molecule has 2 N–H and O–H groups in total. The highest BCUT2D eigenvalue weighted by Gasteiger charge is 2.45. The Balaban J connectivity index is 2.20. The van der Waals surface area contributed by atoms with Crippen molar-refractivity contribution in [1.29, 1.82) is 0 Å². The zero-order chi connectivity index (χ0) is 15.1. The van der Waals surface area contributed by atoms with Gasteiger partial charge in [-0.05, 0) is 6.07 Å². The van der Waals surface area contributed by atoms with Gasteiger partial charge in [0.2, 0.25) is 11.8 Å². The zero-order valence-corrected chi connectivity index (χ0v) is 11.3. The molecule has 1 heterocycles. The highest BCUT2D eigenvalue weighted by molar-refractivity contribution is 6.05. The molecule has 1 aliphatic heterocycles. The van der Waals surface area contributed by atoms with Gasteiger partial charge >= 0.3 is 0 Å². The van der Waals surface area contributed by atoms with E-state index < -0.39 is 23.1 Å². The van der Waals surface area contributed by atoms with Gasteiger partial charge in [-0.2, -0.15) is 0 Å². The smallest absolute Gasteiger partial charge is 0.235 e. The number of carbonyl (C=O) groups excluding carboxylic acids is 2. The zero-order valence-electron chi connectivity index (χ0n) is 11.3. The lowest BCUT2D eigenvalue weighted by molar-refractivity contribution is -0.141. The number of nitrogens with two attached hydrogens (primary N) is 1. The molecule has 0 spiro atoms. The largest absolute Gasteiger partial charge is 0.322 e. The molecule has 4 nitrogen and oxygen atoms in total. The van der Waals surface area contributed by atoms with E-state index in [1.807, 2.05) is 0 Å². The van der Waals surface area contributed by atoms with Crippen molar-refractivity contribution in [2.45, 2.75) is 26.3 Å². The predicted octanol–water partition coefficient (Wildman–Crippen LogP) is 1.75. The molecule has 1 atom stereocenters. The Morgan fingerprint density at radius 3 is 2.55 bits per heavy atom. The van der Waals surface area contributed by atoms with Crippen LogP contribution in [0, 0.1) is 17.0 Å². The average molecular weight is 282 g/mol. The lowest BCUT2D eigenvalue weighted by Gasteiger charge is -2.22. The van der Waals surface area contributed by atoms with Crippen molar-refractivity contribution in [3.8, 4) is 0 Å². The first-order valence-corrected chi connectivity index (χ1v) is 6.28. The van der Waals surface area contributed by atoms with Crippen molar-refractivity contribution in [2.75, 3.05) is 6.54 Å². The Bertz CT molecular complexity index is 572. The lowest BCUT2D eigenvalue weighted by atomic mass is 9.92. The molecule has 2 amide bonds. The topological polar surface area (TPSA) is 63.4 Å². The number of benzene rings is 1. The molecule has 6 heteroatoms. The number of nitrogens with zero attached hydrogens (tertiary/aromatic N) is 1. The lowest BCUT2D eigenvalue weighted by Crippen LogP contribution is -2.38. The minimum absolute atomic E-state index is 0.0460. The number of hydrogen-bond donors (Lipinski definition) is 1. The molecule has 0 aromatic heterocycles. The van der Waals surface area contributed by atoms with E-state index in [1.165, 1.54) is 12.1 Å². The van der Waals surface area contributed by atoms with Crippen LogP contribution in [0.3, 0.4) is 0 Å². The summed E-state index contributed by atoms with van der Waals surface area (Å²) in [7, 11) is 0. The van der Waals surface area contributed by atoms with E-state index in [0.29, 0.717) is 0 Å². The molecule has 1 aromatic carbocycles. The van der Waals surface area contributed by atoms with E-state index in [9.17, 15) is 18.4 Å². The van der Waals surface area contributed by atoms with Crippen molar-refractivity contribution >= 4 is 11.8 Å². The minimum Gasteiger partial charge on any atom is -0.322 e. The van der Waals surface area contributed by atoms with Crippen LogP contribution in [0.4, 0.5) is 8.78 Å². The van der Waals surface area contributed by atoms with Crippen LogP contribution in [0.25, 0.3) is 0 Å². The van der Waals surface area contributed by atoms with Gasteiger partial charge in [-0.3, -0.25) is 14.5 Å². The third-order valence-electron chi connectivity index (χ3n) is 3.48. The molecule has 1 unspecified atom stereocenters. The maximum atomic E-state index is 13.6. The van der Waals surface area contributed by atoms with Crippen LogP contribution in [-0.2, 0) is 9.59 Å². The second kappa shape index (κ2) is 4.94. The van der Waals surface area contributed by atoms with Gasteiger partial charge < -0.3 is 5.73 Å². The van der Waals surface area contributed by atoms with Crippen molar-refractivity contribution in [3.63, 3.8) is 0 Å². The fourth-order valence-electron chi connectivity index (χ4n) is 2.31. The van der Waals surface area contributed by atoms with Gasteiger partial charge in [-0.25, -0.2) is 8.78 Å². The maximum absolute atomic E-state index is 13.6. The number of likely N-dealkylation sites (tertiary alicyclic amines) is 1. The average Bonchev–Trinajstić information content (AvgIpc) is 2.55. The summed E-state index contributed by atoms with van der Waals surface area (Å²) >= 11 is 0. The normalized spacial score (nSPS) is 19.6. The fourth-order valence-corrected chi connectivity index (χ4v) is 2.31. The van der Waals surface area contributed by atoms with Crippen LogP contribution < -0.4 is 5.73 Å². The molecule has 1 aromatic rings. The summed E-state index contributed by atoms with van der Waals surface area (Å²) in [6.07, 6.45) is 0.101. The van der Waals surface area contributed by atoms with Gasteiger partial charge in [0.15, 0.2) is 11.6 Å². The predicted molar refractivity (Wildman–Crippen MR) is 68.4 cm³/mol. The monoisotopic (exact) mass is 282 g/mol. The van der Waals surface area contributed by atoms with Crippen LogP contribution in [0.5, 0.6) is 0 Å². The van der Waals surface area contributed by atoms with Crippen LogP contribution in [-0.4, -0.2) is 23.3 Å². The third kappa shape index (κ3) is 2.43. The van der Waals surface area contributed by atoms with Gasteiger partial charge in [0, 0.05) is 18.5 Å². The molecule has 1 fully saturated rings. The summed E-state index contributed by atoms with van der Waals surface area (Å²) in [5, 5.41) is 0. The number of halogens is 2. The molecule has 0 saturated carbocycles. The summed E-state index contributed by atoms with van der Waals surface area (Å²) in [5.41, 5.74) is 4.99. The maximum Gasteiger partial charge on any atom is 0.235 e. The first kappa shape index (κ1) is 14.6. The van der Waals surface area contributed by atoms with E-state index >= 15 is 0 Å². The van der Waals surface area contributed by atoms with Gasteiger partial charge in [0.25, 0.3) is 0 Å². The quantitative estimate of drug-likeness (QED) is 0.859. The van der Waals surface area contributed by atoms with Crippen molar-refractivity contribution in [1.82, 2.24) is 4.90 Å². The number of carbonyl (C=O) groups is 2. The third-order valence-corrected chi connectivity index (χ3v) is 3.48. The van der Waals surface area contributed by atoms with Gasteiger partial charge in [0.1, 0.15) is 0 Å². The first-order chi connectivity index (χ1) is 9.24. The molecular formula is C14H16F2N2O2. The van der Waals surface area contributed by atoms with E-state index in [0.717, 1.165) is 11.0 Å². The molecule has 1 saturated heterocycles. The summed E-state index contributed by atoms with van der Waals surface area (Å²) in [6, 6.07) is 2.72. The SMILES string of the molecule is CC1(C)CC(=O)N(CC(N)c2cccc(F)c2F)C1=O. The molecule has 108 valence electrons. The number of imide groups is 1. The van der Waals surface area contributed by atoms with E-state index in [2.05, 4.69) is 0 Å². The molecule has 1 aliphatic rings. The summed E-state index contributed by atoms with van der Waals surface area (Å²) in [6.45, 7) is 3.19. The van der Waals surface area contributed by atoms with E-state index in [1.54, 1.807) is 13.8 Å². The fraction of sp³-hybridized carbons (Fsp3) is 0.429. The summed E-state index contributed by atoms with van der Waals surface area (Å²) in [5.74, 6) is -2.72. The van der Waals surface area contributed by atoms with Crippen molar-refractivity contribution in [3.05, 3.63) is 35.4 Å². The highest BCUT2D eigenvalue weighted by atomic mass is 19.2. The minimum atomic E-state index is -1.04. The molecule has 2 rings (SSSR count). The molecule has 0 radical (unpaired) electrons. The van der Waals surface area contributed by atoms with Crippen LogP contribution >= 0.6 is 0 Å². The number of amides is 2. The van der Waals surface area contributed by atoms with Crippen LogP contribution in [0.2, 0.25) is 0 Å². The van der Waals surface area contributed by atoms with E-state index in [-0.39, 0.29) is 30.3 Å². The van der Waals surface area contributed by atoms with Gasteiger partial charge in [-0.1, -0.05) is 26.0 Å². The first-order valence-electron chi connectivity index (χ1n) is 6.28.